The van der Waals surface area contributed by atoms with Crippen LogP contribution in [0.25, 0.3) is 5.52 Å². The number of anilines is 1. The van der Waals surface area contributed by atoms with E-state index in [1.165, 1.54) is 11.6 Å². The second kappa shape index (κ2) is 7.64. The molecule has 0 unspecified atom stereocenters. The molecule has 0 aromatic carbocycles. The van der Waals surface area contributed by atoms with Crippen LogP contribution in [-0.4, -0.2) is 43.4 Å². The summed E-state index contributed by atoms with van der Waals surface area (Å²) in [5.41, 5.74) is 0.293. The molecular weight excluding hydrogens is 450 g/mol. The van der Waals surface area contributed by atoms with Gasteiger partial charge in [0.25, 0.3) is 15.9 Å². The summed E-state index contributed by atoms with van der Waals surface area (Å²) in [5, 5.41) is 3.96. The molecule has 0 atom stereocenters. The first-order chi connectivity index (χ1) is 12.9. The van der Waals surface area contributed by atoms with Gasteiger partial charge in [0.1, 0.15) is 18.2 Å². The lowest BCUT2D eigenvalue weighted by Crippen LogP contribution is -2.15. The molecule has 0 saturated heterocycles. The lowest BCUT2D eigenvalue weighted by Gasteiger charge is -2.12. The Bertz CT molecular complexity index is 1090. The number of alkyl halides is 1. The summed E-state index contributed by atoms with van der Waals surface area (Å²) in [5.74, 6) is -1.92. The van der Waals surface area contributed by atoms with Gasteiger partial charge >= 0.3 is 0 Å². The molecule has 0 saturated carbocycles. The molecule has 1 N–H and O–H groups in total. The van der Waals surface area contributed by atoms with Crippen LogP contribution in [0.2, 0.25) is 0 Å². The number of nitrogens with one attached hydrogen (secondary N) is 1. The van der Waals surface area contributed by atoms with Crippen molar-refractivity contribution < 1.29 is 26.7 Å². The third-order valence-corrected chi connectivity index (χ3v) is 5.23. The van der Waals surface area contributed by atoms with E-state index in [0.29, 0.717) is 9.99 Å². The van der Waals surface area contributed by atoms with Crippen molar-refractivity contribution >= 4 is 37.3 Å². The van der Waals surface area contributed by atoms with Crippen LogP contribution in [0, 0.1) is 5.82 Å². The number of hydrogen-bond acceptors (Lipinski definition) is 6. The van der Waals surface area contributed by atoms with E-state index in [-0.39, 0.29) is 23.1 Å². The Kier molecular flexibility index (Phi) is 5.46. The number of sulfonamides is 1. The van der Waals surface area contributed by atoms with E-state index in [9.17, 15) is 17.2 Å². The predicted octanol–water partition coefficient (Wildman–Crippen LogP) is 2.79. The Balaban J connectivity index is 1.97. The SMILES string of the molecule is COc1nc(NS(=O)(=O)c2cnn3cc(Br)ccc23)c(F)cc1OCCF. The Hall–Kier alpha value is -2.47. The fraction of sp³-hybridized carbons (Fsp3) is 0.200. The summed E-state index contributed by atoms with van der Waals surface area (Å²) in [4.78, 5) is 3.60. The van der Waals surface area contributed by atoms with Gasteiger partial charge in [0, 0.05) is 16.7 Å². The van der Waals surface area contributed by atoms with Crippen molar-refractivity contribution in [1.29, 1.82) is 0 Å². The van der Waals surface area contributed by atoms with Gasteiger partial charge in [-0.1, -0.05) is 0 Å². The van der Waals surface area contributed by atoms with E-state index < -0.39 is 28.3 Å². The molecule has 0 aliphatic rings. The van der Waals surface area contributed by atoms with E-state index in [0.717, 1.165) is 12.3 Å². The van der Waals surface area contributed by atoms with Crippen molar-refractivity contribution in [3.8, 4) is 11.6 Å². The Labute approximate surface area is 161 Å². The monoisotopic (exact) mass is 462 g/mol. The summed E-state index contributed by atoms with van der Waals surface area (Å²) in [6, 6.07) is 4.06. The van der Waals surface area contributed by atoms with E-state index >= 15 is 0 Å². The highest BCUT2D eigenvalue weighted by Gasteiger charge is 2.24. The molecule has 0 spiro atoms. The van der Waals surface area contributed by atoms with Crippen molar-refractivity contribution in [1.82, 2.24) is 14.6 Å². The first kappa shape index (κ1) is 19.3. The minimum atomic E-state index is -4.19. The average molecular weight is 463 g/mol. The number of pyridine rings is 2. The minimum absolute atomic E-state index is 0.142. The molecule has 12 heteroatoms. The molecule has 0 fully saturated rings. The Morgan fingerprint density at radius 1 is 1.37 bits per heavy atom. The zero-order chi connectivity index (χ0) is 19.6. The van der Waals surface area contributed by atoms with Gasteiger partial charge < -0.3 is 9.47 Å². The summed E-state index contributed by atoms with van der Waals surface area (Å²) >= 11 is 3.26. The van der Waals surface area contributed by atoms with Gasteiger partial charge in [-0.3, -0.25) is 4.72 Å². The van der Waals surface area contributed by atoms with Crippen LogP contribution in [0.5, 0.6) is 11.6 Å². The van der Waals surface area contributed by atoms with Crippen molar-refractivity contribution in [2.75, 3.05) is 25.1 Å². The van der Waals surface area contributed by atoms with Crippen LogP contribution >= 0.6 is 15.9 Å². The van der Waals surface area contributed by atoms with E-state index in [2.05, 4.69) is 30.7 Å². The van der Waals surface area contributed by atoms with Crippen molar-refractivity contribution in [3.63, 3.8) is 0 Å². The Morgan fingerprint density at radius 3 is 2.85 bits per heavy atom. The predicted molar refractivity (Wildman–Crippen MR) is 95.9 cm³/mol. The molecule has 27 heavy (non-hydrogen) atoms. The first-order valence-corrected chi connectivity index (χ1v) is 9.72. The standard InChI is InChI=1S/C15H13BrF2N4O4S/c1-25-15-12(26-5-4-17)6-10(18)14(20-15)21-27(23,24)13-7-19-22-8-9(16)2-3-11(13)22/h2-3,6-8H,4-5H2,1H3,(H,20,21). The van der Waals surface area contributed by atoms with E-state index in [1.807, 2.05) is 0 Å². The maximum Gasteiger partial charge on any atom is 0.266 e. The lowest BCUT2D eigenvalue weighted by molar-refractivity contribution is 0.255. The molecule has 144 valence electrons. The highest BCUT2D eigenvalue weighted by molar-refractivity contribution is 9.10. The third kappa shape index (κ3) is 3.95. The highest BCUT2D eigenvalue weighted by atomic mass is 79.9. The van der Waals surface area contributed by atoms with Gasteiger partial charge in [0.05, 0.1) is 18.8 Å². The number of aromatic nitrogens is 3. The second-order valence-electron chi connectivity index (χ2n) is 5.16. The van der Waals surface area contributed by atoms with Crippen LogP contribution in [0.15, 0.2) is 40.0 Å². The molecule has 8 nitrogen and oxygen atoms in total. The molecule has 0 bridgehead atoms. The lowest BCUT2D eigenvalue weighted by atomic mass is 10.4. The highest BCUT2D eigenvalue weighted by Crippen LogP contribution is 2.30. The number of halogens is 3. The minimum Gasteiger partial charge on any atom is -0.485 e. The zero-order valence-corrected chi connectivity index (χ0v) is 16.2. The summed E-state index contributed by atoms with van der Waals surface area (Å²) in [6.45, 7) is -1.11. The summed E-state index contributed by atoms with van der Waals surface area (Å²) < 4.78 is 65.9. The van der Waals surface area contributed by atoms with Crippen LogP contribution in [0.3, 0.4) is 0 Å². The fourth-order valence-corrected chi connectivity index (χ4v) is 3.71. The molecule has 3 aromatic rings. The number of hydrogen-bond donors (Lipinski definition) is 1. The summed E-state index contributed by atoms with van der Waals surface area (Å²) in [7, 11) is -2.95. The van der Waals surface area contributed by atoms with Crippen molar-refractivity contribution in [2.24, 2.45) is 0 Å². The number of methoxy groups -OCH3 is 1. The van der Waals surface area contributed by atoms with Gasteiger partial charge in [0.2, 0.25) is 0 Å². The van der Waals surface area contributed by atoms with E-state index in [4.69, 9.17) is 9.47 Å². The fourth-order valence-electron chi connectivity index (χ4n) is 2.25. The molecular formula is C15H13BrF2N4O4S. The van der Waals surface area contributed by atoms with Crippen LogP contribution in [0.1, 0.15) is 0 Å². The van der Waals surface area contributed by atoms with Gasteiger partial charge in [-0.15, -0.1) is 0 Å². The molecule has 0 amide bonds. The normalized spacial score (nSPS) is 11.6. The van der Waals surface area contributed by atoms with Gasteiger partial charge in [0.15, 0.2) is 17.4 Å². The first-order valence-electron chi connectivity index (χ1n) is 7.44. The van der Waals surface area contributed by atoms with Crippen molar-refractivity contribution in [2.45, 2.75) is 4.90 Å². The van der Waals surface area contributed by atoms with Gasteiger partial charge in [-0.25, -0.2) is 21.7 Å². The number of nitrogens with zero attached hydrogens (tertiary/aromatic N) is 3. The second-order valence-corrected chi connectivity index (χ2v) is 7.72. The number of rotatable bonds is 7. The average Bonchev–Trinajstić information content (AvgIpc) is 3.05. The zero-order valence-electron chi connectivity index (χ0n) is 13.8. The van der Waals surface area contributed by atoms with Gasteiger partial charge in [-0.2, -0.15) is 10.1 Å². The maximum atomic E-state index is 14.3. The van der Waals surface area contributed by atoms with Crippen molar-refractivity contribution in [3.05, 3.63) is 40.9 Å². The molecule has 3 aromatic heterocycles. The molecule has 0 radical (unpaired) electrons. The Morgan fingerprint density at radius 2 is 2.15 bits per heavy atom. The smallest absolute Gasteiger partial charge is 0.266 e. The van der Waals surface area contributed by atoms with Crippen LogP contribution < -0.4 is 14.2 Å². The summed E-state index contributed by atoms with van der Waals surface area (Å²) in [6.07, 6.45) is 2.71. The van der Waals surface area contributed by atoms with Crippen LogP contribution in [0.4, 0.5) is 14.6 Å². The quantitative estimate of drug-likeness (QED) is 0.579. The van der Waals surface area contributed by atoms with Crippen LogP contribution in [-0.2, 0) is 10.0 Å². The molecule has 3 rings (SSSR count). The molecule has 0 aliphatic carbocycles. The maximum absolute atomic E-state index is 14.3. The third-order valence-electron chi connectivity index (χ3n) is 3.40. The van der Waals surface area contributed by atoms with E-state index in [1.54, 1.807) is 18.3 Å². The molecule has 3 heterocycles. The largest absolute Gasteiger partial charge is 0.485 e. The number of fused-ring (bicyclic) bond motifs is 1. The topological polar surface area (TPSA) is 94.8 Å². The van der Waals surface area contributed by atoms with Gasteiger partial charge in [-0.05, 0) is 28.1 Å². The number of ether oxygens (including phenoxy) is 2. The molecule has 0 aliphatic heterocycles.